The third-order valence-corrected chi connectivity index (χ3v) is 5.10. The van der Waals surface area contributed by atoms with Crippen LogP contribution in [0.4, 0.5) is 5.69 Å². The van der Waals surface area contributed by atoms with Gasteiger partial charge in [0.25, 0.3) is 0 Å². The largest absolute Gasteiger partial charge is 0.379 e. The van der Waals surface area contributed by atoms with E-state index in [9.17, 15) is 0 Å². The molecular formula is C24H25N. The van der Waals surface area contributed by atoms with Crippen molar-refractivity contribution < 1.29 is 0 Å². The Kier molecular flexibility index (Phi) is 4.83. The molecule has 1 aromatic carbocycles. The molecule has 3 aliphatic rings. The Hall–Kier alpha value is -2.54. The van der Waals surface area contributed by atoms with Crippen molar-refractivity contribution in [3.05, 3.63) is 96.2 Å². The van der Waals surface area contributed by atoms with Gasteiger partial charge in [0, 0.05) is 17.6 Å². The molecule has 0 aliphatic heterocycles. The van der Waals surface area contributed by atoms with Gasteiger partial charge in [-0.05, 0) is 54.5 Å². The number of nitrogens with one attached hydrogen (secondary N) is 1. The fourth-order valence-electron chi connectivity index (χ4n) is 3.65. The normalized spacial score (nSPS) is 24.8. The van der Waals surface area contributed by atoms with Crippen molar-refractivity contribution in [3.8, 4) is 0 Å². The molecule has 0 saturated heterocycles. The molecule has 0 spiro atoms. The predicted molar refractivity (Wildman–Crippen MR) is 108 cm³/mol. The molecule has 0 bridgehead atoms. The molecule has 0 fully saturated rings. The van der Waals surface area contributed by atoms with Crippen LogP contribution < -0.4 is 5.32 Å². The van der Waals surface area contributed by atoms with Gasteiger partial charge in [0.05, 0.1) is 0 Å². The Morgan fingerprint density at radius 2 is 1.72 bits per heavy atom. The van der Waals surface area contributed by atoms with E-state index < -0.39 is 0 Å². The van der Waals surface area contributed by atoms with Gasteiger partial charge in [-0.15, -0.1) is 0 Å². The highest BCUT2D eigenvalue weighted by molar-refractivity contribution is 5.76. The lowest BCUT2D eigenvalue weighted by Crippen LogP contribution is -2.16. The third-order valence-electron chi connectivity index (χ3n) is 5.10. The Labute approximate surface area is 150 Å². The van der Waals surface area contributed by atoms with E-state index in [1.54, 1.807) is 0 Å². The Bertz CT molecular complexity index is 784. The highest BCUT2D eigenvalue weighted by atomic mass is 14.9. The van der Waals surface area contributed by atoms with Crippen LogP contribution >= 0.6 is 0 Å². The number of rotatable bonds is 4. The third kappa shape index (κ3) is 3.93. The maximum absolute atomic E-state index is 3.57. The second-order valence-electron chi connectivity index (χ2n) is 6.92. The molecule has 1 aromatic rings. The van der Waals surface area contributed by atoms with Crippen molar-refractivity contribution in [2.45, 2.75) is 31.7 Å². The SMILES string of the molecule is C1=CCC(Nc2ccc(C3=CCC(C4=CCCC=C4)C=C3)cc2)C=C1. The molecule has 1 nitrogen and oxygen atoms in total. The summed E-state index contributed by atoms with van der Waals surface area (Å²) in [6, 6.07) is 9.23. The minimum atomic E-state index is 0.405. The van der Waals surface area contributed by atoms with Gasteiger partial charge < -0.3 is 5.32 Å². The fourth-order valence-corrected chi connectivity index (χ4v) is 3.65. The molecule has 0 heterocycles. The molecule has 0 radical (unpaired) electrons. The van der Waals surface area contributed by atoms with Crippen molar-refractivity contribution >= 4 is 11.3 Å². The van der Waals surface area contributed by atoms with E-state index in [1.165, 1.54) is 35.2 Å². The average Bonchev–Trinajstić information content (AvgIpc) is 2.70. The van der Waals surface area contributed by atoms with Crippen molar-refractivity contribution in [1.82, 2.24) is 0 Å². The first-order valence-corrected chi connectivity index (χ1v) is 9.34. The molecule has 0 saturated carbocycles. The lowest BCUT2D eigenvalue weighted by atomic mass is 9.86. The summed E-state index contributed by atoms with van der Waals surface area (Å²) in [5, 5.41) is 3.57. The lowest BCUT2D eigenvalue weighted by Gasteiger charge is -2.20. The van der Waals surface area contributed by atoms with Gasteiger partial charge in [0.2, 0.25) is 0 Å². The van der Waals surface area contributed by atoms with Crippen LogP contribution in [-0.2, 0) is 0 Å². The van der Waals surface area contributed by atoms with Crippen LogP contribution in [0.15, 0.2) is 90.6 Å². The molecule has 0 amide bonds. The molecule has 2 atom stereocenters. The standard InChI is InChI=1S/C24H25N/c1-3-7-19(8-4-1)20-11-13-21(14-12-20)22-15-17-24(18-16-22)25-23-9-5-2-6-10-23/h2-3,5-9,11,13-18,20,23,25H,1,4,10,12H2. The van der Waals surface area contributed by atoms with E-state index in [1.807, 2.05) is 0 Å². The number of benzene rings is 1. The van der Waals surface area contributed by atoms with Crippen molar-refractivity contribution in [3.63, 3.8) is 0 Å². The van der Waals surface area contributed by atoms with Crippen LogP contribution in [0.5, 0.6) is 0 Å². The van der Waals surface area contributed by atoms with Crippen LogP contribution in [0.3, 0.4) is 0 Å². The topological polar surface area (TPSA) is 12.0 Å². The Balaban J connectivity index is 1.39. The van der Waals surface area contributed by atoms with Crippen molar-refractivity contribution in [1.29, 1.82) is 0 Å². The van der Waals surface area contributed by atoms with Gasteiger partial charge in [0.15, 0.2) is 0 Å². The minimum absolute atomic E-state index is 0.405. The number of hydrogen-bond acceptors (Lipinski definition) is 1. The van der Waals surface area contributed by atoms with Crippen LogP contribution in [0.25, 0.3) is 5.57 Å². The zero-order valence-corrected chi connectivity index (χ0v) is 14.6. The molecule has 126 valence electrons. The number of anilines is 1. The Morgan fingerprint density at radius 1 is 0.800 bits per heavy atom. The van der Waals surface area contributed by atoms with Crippen LogP contribution in [0.2, 0.25) is 0 Å². The molecular weight excluding hydrogens is 302 g/mol. The Morgan fingerprint density at radius 3 is 2.40 bits per heavy atom. The summed E-state index contributed by atoms with van der Waals surface area (Å²) in [7, 11) is 0. The molecule has 25 heavy (non-hydrogen) atoms. The summed E-state index contributed by atoms with van der Waals surface area (Å²) < 4.78 is 0. The van der Waals surface area contributed by atoms with E-state index in [0.29, 0.717) is 12.0 Å². The summed E-state index contributed by atoms with van der Waals surface area (Å²) in [6.07, 6.45) is 27.2. The number of allylic oxidation sites excluding steroid dienone is 10. The van der Waals surface area contributed by atoms with Gasteiger partial charge in [-0.3, -0.25) is 0 Å². The summed E-state index contributed by atoms with van der Waals surface area (Å²) >= 11 is 0. The van der Waals surface area contributed by atoms with Crippen molar-refractivity contribution in [2.75, 3.05) is 5.32 Å². The first-order valence-electron chi connectivity index (χ1n) is 9.34. The minimum Gasteiger partial charge on any atom is -0.379 e. The molecule has 4 rings (SSSR count). The highest BCUT2D eigenvalue weighted by Gasteiger charge is 2.14. The maximum Gasteiger partial charge on any atom is 0.0482 e. The predicted octanol–water partition coefficient (Wildman–Crippen LogP) is 6.22. The maximum atomic E-state index is 3.57. The number of hydrogen-bond donors (Lipinski definition) is 1. The molecule has 3 aliphatic carbocycles. The summed E-state index contributed by atoms with van der Waals surface area (Å²) in [5.41, 5.74) is 5.30. The molecule has 1 heteroatoms. The average molecular weight is 327 g/mol. The first-order chi connectivity index (χ1) is 12.4. The van der Waals surface area contributed by atoms with Crippen LogP contribution in [0.1, 0.15) is 31.2 Å². The smallest absolute Gasteiger partial charge is 0.0482 e. The summed E-state index contributed by atoms with van der Waals surface area (Å²) in [4.78, 5) is 0. The van der Waals surface area contributed by atoms with Gasteiger partial charge in [-0.1, -0.05) is 72.9 Å². The van der Waals surface area contributed by atoms with E-state index in [4.69, 9.17) is 0 Å². The molecule has 1 N–H and O–H groups in total. The van der Waals surface area contributed by atoms with Gasteiger partial charge in [-0.25, -0.2) is 0 Å². The quantitative estimate of drug-likeness (QED) is 0.692. The lowest BCUT2D eigenvalue weighted by molar-refractivity contribution is 0.773. The van der Waals surface area contributed by atoms with Crippen LogP contribution in [0, 0.1) is 5.92 Å². The first kappa shape index (κ1) is 16.0. The summed E-state index contributed by atoms with van der Waals surface area (Å²) in [5.74, 6) is 0.549. The van der Waals surface area contributed by atoms with E-state index in [-0.39, 0.29) is 0 Å². The summed E-state index contributed by atoms with van der Waals surface area (Å²) in [6.45, 7) is 0. The monoisotopic (exact) mass is 327 g/mol. The van der Waals surface area contributed by atoms with E-state index >= 15 is 0 Å². The van der Waals surface area contributed by atoms with E-state index in [2.05, 4.69) is 90.3 Å². The van der Waals surface area contributed by atoms with Crippen LogP contribution in [-0.4, -0.2) is 6.04 Å². The highest BCUT2D eigenvalue weighted by Crippen LogP contribution is 2.31. The van der Waals surface area contributed by atoms with Gasteiger partial charge >= 0.3 is 0 Å². The zero-order valence-electron chi connectivity index (χ0n) is 14.6. The van der Waals surface area contributed by atoms with Gasteiger partial charge in [-0.2, -0.15) is 0 Å². The fraction of sp³-hybridized carbons (Fsp3) is 0.250. The van der Waals surface area contributed by atoms with Gasteiger partial charge in [0.1, 0.15) is 0 Å². The van der Waals surface area contributed by atoms with Crippen molar-refractivity contribution in [2.24, 2.45) is 5.92 Å². The molecule has 2 unspecified atom stereocenters. The zero-order chi connectivity index (χ0) is 16.9. The van der Waals surface area contributed by atoms with E-state index in [0.717, 1.165) is 12.8 Å². The second kappa shape index (κ2) is 7.57. The second-order valence-corrected chi connectivity index (χ2v) is 6.92. The molecule has 0 aromatic heterocycles.